The molecule has 0 saturated heterocycles. The molecule has 1 aromatic carbocycles. The second kappa shape index (κ2) is 27.9. The average Bonchev–Trinajstić information content (AvgIpc) is 3.92. The van der Waals surface area contributed by atoms with Gasteiger partial charge in [-0.05, 0) is 83.2 Å². The second-order valence-electron chi connectivity index (χ2n) is 19.4. The summed E-state index contributed by atoms with van der Waals surface area (Å²) in [5, 5.41) is 18.3. The first-order chi connectivity index (χ1) is 32.9. The van der Waals surface area contributed by atoms with Gasteiger partial charge in [0, 0.05) is 101 Å². The number of ether oxygens (including phenoxy) is 2. The summed E-state index contributed by atoms with van der Waals surface area (Å²) in [6.45, 7) is 15.9. The Bertz CT molecular complexity index is 2150. The van der Waals surface area contributed by atoms with Crippen LogP contribution in [-0.4, -0.2) is 137 Å². The summed E-state index contributed by atoms with van der Waals surface area (Å²) < 4.78 is 11.3. The topological polar surface area (TPSA) is 248 Å². The smallest absolute Gasteiger partial charge is 0.303 e. The number of nitrogens with one attached hydrogen (secondary N) is 2. The number of hydrogen-bond donors (Lipinski definition) is 4. The molecule has 388 valence electrons. The van der Waals surface area contributed by atoms with E-state index in [1.54, 1.807) is 36.4 Å². The minimum atomic E-state index is -0.918. The van der Waals surface area contributed by atoms with E-state index in [9.17, 15) is 43.5 Å². The fourth-order valence-corrected chi connectivity index (χ4v) is 8.96. The monoisotopic (exact) mass is 996 g/mol. The quantitative estimate of drug-likeness (QED) is 0.0310. The predicted molar refractivity (Wildman–Crippen MR) is 268 cm³/mol. The number of thiazole rings is 1. The van der Waals surface area contributed by atoms with E-state index in [0.29, 0.717) is 43.2 Å². The van der Waals surface area contributed by atoms with Crippen LogP contribution in [-0.2, 0) is 49.5 Å². The van der Waals surface area contributed by atoms with Crippen LogP contribution in [0.4, 0.5) is 5.69 Å². The molecule has 5 amide bonds. The molecule has 1 aliphatic rings. The van der Waals surface area contributed by atoms with Crippen molar-refractivity contribution in [2.75, 3.05) is 52.8 Å². The summed E-state index contributed by atoms with van der Waals surface area (Å²) in [4.78, 5) is 114. The number of likely N-dealkylation sites (N-methyl/N-ethyl adjacent to an activating group) is 1. The Hall–Kier alpha value is -5.37. The Morgan fingerprint density at radius 1 is 0.957 bits per heavy atom. The number of benzene rings is 1. The molecular weight excluding hydrogens is 919 g/mol. The average molecular weight is 996 g/mol. The van der Waals surface area contributed by atoms with Crippen molar-refractivity contribution in [3.05, 3.63) is 52.0 Å². The molecule has 0 aliphatic carbocycles. The molecule has 2 heterocycles. The van der Waals surface area contributed by atoms with Gasteiger partial charge in [-0.1, -0.05) is 47.1 Å². The summed E-state index contributed by atoms with van der Waals surface area (Å²) in [7, 11) is 5.39. The standard InChI is InChI=1S/C51H77N7O11S/c1-12-32(4)37(28-44(62)51(7,8)56(9)10)50(67)57(11)40(31(2)3)29-43(69-34(6)59)49-55-39(30-70-49)48(66)53-36(25-33(5)41(60)15-14-23-68-24-21-52)26-35-17-18-42(61)38(27-35)54-45(63)16-13-22-58-46(64)19-20-47(58)65/h17-20,27,30-33,36-37,40,43,61H,12-16,21-26,28-29,52H2,1-11H3,(H,53,66)(H,54,63)/t32-,33?,36+,37-,40+,43+/m0/s1. The number of aromatic hydroxyl groups is 1. The first-order valence-electron chi connectivity index (χ1n) is 24.3. The number of esters is 1. The lowest BCUT2D eigenvalue weighted by Crippen LogP contribution is -2.50. The minimum absolute atomic E-state index is 0.0230. The third kappa shape index (κ3) is 17.5. The van der Waals surface area contributed by atoms with Gasteiger partial charge in [0.1, 0.15) is 22.2 Å². The van der Waals surface area contributed by atoms with Crippen LogP contribution >= 0.6 is 11.3 Å². The zero-order valence-electron chi connectivity index (χ0n) is 43.0. The zero-order valence-corrected chi connectivity index (χ0v) is 43.8. The van der Waals surface area contributed by atoms with E-state index >= 15 is 0 Å². The molecule has 2 aromatic rings. The summed E-state index contributed by atoms with van der Waals surface area (Å²) in [6, 6.07) is 3.57. The first-order valence-corrected chi connectivity index (χ1v) is 25.2. The van der Waals surface area contributed by atoms with E-state index in [1.165, 1.54) is 25.1 Å². The number of rotatable bonds is 31. The molecule has 18 nitrogen and oxygen atoms in total. The number of aromatic nitrogens is 1. The fourth-order valence-electron chi connectivity index (χ4n) is 8.12. The number of carbonyl (C=O) groups excluding carboxylic acids is 8. The summed E-state index contributed by atoms with van der Waals surface area (Å²) in [5.74, 6) is -4.14. The molecule has 0 spiro atoms. The number of imide groups is 1. The third-order valence-corrected chi connectivity index (χ3v) is 14.2. The van der Waals surface area contributed by atoms with Crippen molar-refractivity contribution in [3.8, 4) is 5.75 Å². The Kier molecular flexibility index (Phi) is 23.5. The molecule has 5 N–H and O–H groups in total. The van der Waals surface area contributed by atoms with Gasteiger partial charge in [-0.15, -0.1) is 11.3 Å². The van der Waals surface area contributed by atoms with Gasteiger partial charge in [0.25, 0.3) is 17.7 Å². The van der Waals surface area contributed by atoms with Crippen LogP contribution in [0.3, 0.4) is 0 Å². The van der Waals surface area contributed by atoms with Gasteiger partial charge in [0.15, 0.2) is 11.9 Å². The molecule has 1 aromatic heterocycles. The van der Waals surface area contributed by atoms with E-state index in [0.717, 1.165) is 16.2 Å². The number of nitrogens with two attached hydrogens (primary N) is 1. The van der Waals surface area contributed by atoms with Crippen LogP contribution in [0.2, 0.25) is 0 Å². The molecular formula is C51H77N7O11S. The number of nitrogens with zero attached hydrogens (tertiary/aromatic N) is 4. The molecule has 19 heteroatoms. The third-order valence-electron chi connectivity index (χ3n) is 13.3. The lowest BCUT2D eigenvalue weighted by atomic mass is 9.81. The number of Topliss-reactive ketones (excluding diaryl/α,β-unsaturated/α-hetero) is 2. The number of amides is 5. The number of hydrogen-bond acceptors (Lipinski definition) is 15. The van der Waals surface area contributed by atoms with Crippen LogP contribution in [0.15, 0.2) is 35.7 Å². The fraction of sp³-hybridized carbons (Fsp3) is 0.627. The van der Waals surface area contributed by atoms with Crippen molar-refractivity contribution in [3.63, 3.8) is 0 Å². The van der Waals surface area contributed by atoms with E-state index in [-0.39, 0.29) is 97.9 Å². The van der Waals surface area contributed by atoms with Gasteiger partial charge in [0.05, 0.1) is 17.8 Å². The lowest BCUT2D eigenvalue weighted by Gasteiger charge is -2.38. The highest BCUT2D eigenvalue weighted by molar-refractivity contribution is 7.09. The Morgan fingerprint density at radius 2 is 1.63 bits per heavy atom. The van der Waals surface area contributed by atoms with Crippen LogP contribution in [0.25, 0.3) is 0 Å². The number of ketones is 2. The van der Waals surface area contributed by atoms with Crippen molar-refractivity contribution in [1.82, 2.24) is 25.0 Å². The van der Waals surface area contributed by atoms with Gasteiger partial charge in [0.2, 0.25) is 11.8 Å². The van der Waals surface area contributed by atoms with Crippen molar-refractivity contribution >= 4 is 64.1 Å². The van der Waals surface area contributed by atoms with Crippen molar-refractivity contribution < 1.29 is 52.9 Å². The van der Waals surface area contributed by atoms with Crippen molar-refractivity contribution in [2.45, 2.75) is 137 Å². The highest BCUT2D eigenvalue weighted by Gasteiger charge is 2.39. The number of anilines is 1. The molecule has 0 fully saturated rings. The molecule has 0 radical (unpaired) electrons. The molecule has 70 heavy (non-hydrogen) atoms. The molecule has 1 aliphatic heterocycles. The Balaban J connectivity index is 1.86. The van der Waals surface area contributed by atoms with E-state index in [1.807, 2.05) is 60.5 Å². The maximum Gasteiger partial charge on any atom is 0.303 e. The van der Waals surface area contributed by atoms with E-state index < -0.39 is 65.2 Å². The number of carbonyl (C=O) groups is 8. The Morgan fingerprint density at radius 3 is 2.23 bits per heavy atom. The summed E-state index contributed by atoms with van der Waals surface area (Å²) >= 11 is 1.13. The normalized spacial score (nSPS) is 15.4. The van der Waals surface area contributed by atoms with Crippen molar-refractivity contribution in [1.29, 1.82) is 0 Å². The highest BCUT2D eigenvalue weighted by atomic mass is 32.1. The van der Waals surface area contributed by atoms with Crippen LogP contribution in [0.1, 0.15) is 134 Å². The second-order valence-corrected chi connectivity index (χ2v) is 20.3. The predicted octanol–water partition coefficient (Wildman–Crippen LogP) is 5.62. The van der Waals surface area contributed by atoms with E-state index in [2.05, 4.69) is 15.6 Å². The minimum Gasteiger partial charge on any atom is -0.506 e. The van der Waals surface area contributed by atoms with Gasteiger partial charge < -0.3 is 35.8 Å². The molecule has 6 atom stereocenters. The molecule has 0 bridgehead atoms. The SMILES string of the molecule is CC[C@H](C)[C@H](CC(=O)C(C)(C)N(C)C)C(=O)N(C)[C@H](C[C@@H](OC(C)=O)c1nc(C(=O)N[C@@H](Cc2ccc(O)c(NC(=O)CCCN3C(=O)C=CC3=O)c2)CC(C)C(=O)CCCOCCN)cs1)C(C)C. The molecule has 3 rings (SSSR count). The highest BCUT2D eigenvalue weighted by Crippen LogP contribution is 2.33. The zero-order chi connectivity index (χ0) is 52.5. The largest absolute Gasteiger partial charge is 0.506 e. The maximum absolute atomic E-state index is 14.4. The van der Waals surface area contributed by atoms with Gasteiger partial charge in [-0.2, -0.15) is 0 Å². The molecule has 0 saturated carbocycles. The number of phenolic OH excluding ortho intramolecular Hbond substituents is 1. The van der Waals surface area contributed by atoms with Gasteiger partial charge >= 0.3 is 5.97 Å². The maximum atomic E-state index is 14.4. The number of phenols is 1. The van der Waals surface area contributed by atoms with Crippen LogP contribution < -0.4 is 16.4 Å². The van der Waals surface area contributed by atoms with Crippen LogP contribution in [0, 0.1) is 23.7 Å². The summed E-state index contributed by atoms with van der Waals surface area (Å²) in [5.41, 5.74) is 5.53. The first kappa shape index (κ1) is 58.9. The van der Waals surface area contributed by atoms with Crippen molar-refractivity contribution in [2.24, 2.45) is 29.4 Å². The Labute approximate surface area is 417 Å². The van der Waals surface area contributed by atoms with Gasteiger partial charge in [-0.3, -0.25) is 48.2 Å². The summed E-state index contributed by atoms with van der Waals surface area (Å²) in [6.07, 6.45) is 3.73. The molecule has 1 unspecified atom stereocenters. The lowest BCUT2D eigenvalue weighted by molar-refractivity contribution is -0.150. The van der Waals surface area contributed by atoms with Crippen LogP contribution in [0.5, 0.6) is 5.75 Å². The van der Waals surface area contributed by atoms with Gasteiger partial charge in [-0.25, -0.2) is 4.98 Å². The van der Waals surface area contributed by atoms with E-state index in [4.69, 9.17) is 15.2 Å².